The number of aliphatic hydroxyl groups is 1. The molecule has 3 N–H and O–H groups in total. The molecule has 1 aromatic heterocycles. The normalized spacial score (nSPS) is 17.0. The molecule has 1 unspecified atom stereocenters. The largest absolute Gasteiger partial charge is 0.463 e. The summed E-state index contributed by atoms with van der Waals surface area (Å²) in [6.45, 7) is 9.29. The number of halogens is 1. The van der Waals surface area contributed by atoms with Gasteiger partial charge in [-0.3, -0.25) is 0 Å². The first-order chi connectivity index (χ1) is 14.4. The van der Waals surface area contributed by atoms with E-state index in [0.717, 1.165) is 11.3 Å². The summed E-state index contributed by atoms with van der Waals surface area (Å²) in [5.41, 5.74) is 0.187. The van der Waals surface area contributed by atoms with Crippen molar-refractivity contribution < 1.29 is 18.7 Å². The summed E-state index contributed by atoms with van der Waals surface area (Å²) in [5, 5.41) is 17.0. The number of hydrogen-bond donors (Lipinski definition) is 3. The Hall–Kier alpha value is -2.58. The Bertz CT molecular complexity index is 860. The molecule has 8 heteroatoms. The molecule has 0 radical (unpaired) electrons. The highest BCUT2D eigenvalue weighted by Crippen LogP contribution is 2.23. The van der Waals surface area contributed by atoms with Crippen molar-refractivity contribution in [3.8, 4) is 0 Å². The number of rotatable bonds is 7. The third-order valence-electron chi connectivity index (χ3n) is 5.00. The molecular formula is C22H31FN4O3. The van der Waals surface area contributed by atoms with E-state index in [1.165, 1.54) is 6.07 Å². The van der Waals surface area contributed by atoms with Gasteiger partial charge in [-0.15, -0.1) is 0 Å². The lowest BCUT2D eigenvalue weighted by Gasteiger charge is -2.29. The Morgan fingerprint density at radius 2 is 2.00 bits per heavy atom. The minimum Gasteiger partial charge on any atom is -0.463 e. The number of furan rings is 1. The van der Waals surface area contributed by atoms with Gasteiger partial charge in [0.05, 0.1) is 32.0 Å². The molecule has 1 saturated heterocycles. The summed E-state index contributed by atoms with van der Waals surface area (Å²) in [7, 11) is 0. The monoisotopic (exact) mass is 418 g/mol. The minimum absolute atomic E-state index is 0.218. The summed E-state index contributed by atoms with van der Waals surface area (Å²) < 4.78 is 25.5. The lowest BCUT2D eigenvalue weighted by molar-refractivity contribution is 0.0378. The van der Waals surface area contributed by atoms with Gasteiger partial charge in [-0.05, 0) is 50.6 Å². The third kappa shape index (κ3) is 5.73. The highest BCUT2D eigenvalue weighted by Gasteiger charge is 2.27. The van der Waals surface area contributed by atoms with Crippen LogP contribution in [0.1, 0.15) is 30.9 Å². The quantitative estimate of drug-likeness (QED) is 0.474. The van der Waals surface area contributed by atoms with Crippen LogP contribution >= 0.6 is 0 Å². The van der Waals surface area contributed by atoms with Gasteiger partial charge in [-0.1, -0.05) is 6.07 Å². The van der Waals surface area contributed by atoms with Gasteiger partial charge in [0.25, 0.3) is 0 Å². The van der Waals surface area contributed by atoms with Crippen LogP contribution in [0.2, 0.25) is 0 Å². The lowest BCUT2D eigenvalue weighted by atomic mass is 10.0. The third-order valence-corrected chi connectivity index (χ3v) is 5.00. The van der Waals surface area contributed by atoms with Crippen molar-refractivity contribution in [2.24, 2.45) is 4.99 Å². The molecule has 2 heterocycles. The smallest absolute Gasteiger partial charge is 0.191 e. The van der Waals surface area contributed by atoms with E-state index in [0.29, 0.717) is 56.8 Å². The maximum absolute atomic E-state index is 14.6. The number of nitrogens with one attached hydrogen (secondary N) is 2. The fourth-order valence-electron chi connectivity index (χ4n) is 3.29. The standard InChI is InChI=1S/C22H31FN4O3/c1-4-24-21(26-15-22(3,28)20-8-5-16(2)30-20)25-14-17-6-7-19(18(23)13-17)27-9-11-29-12-10-27/h5-8,13,28H,4,9-12,14-15H2,1-3H3,(H2,24,25,26). The van der Waals surface area contributed by atoms with E-state index in [1.807, 2.05) is 30.9 Å². The van der Waals surface area contributed by atoms with Gasteiger partial charge in [0.15, 0.2) is 5.96 Å². The van der Waals surface area contributed by atoms with Gasteiger partial charge < -0.3 is 29.8 Å². The van der Waals surface area contributed by atoms with Crippen molar-refractivity contribution in [3.05, 3.63) is 53.2 Å². The Labute approximate surface area is 176 Å². The minimum atomic E-state index is -1.18. The van der Waals surface area contributed by atoms with Crippen molar-refractivity contribution in [1.82, 2.24) is 10.6 Å². The SMILES string of the molecule is CCNC(=NCc1ccc(N2CCOCC2)c(F)c1)NCC(C)(O)c1ccc(C)o1. The maximum Gasteiger partial charge on any atom is 0.191 e. The number of nitrogens with zero attached hydrogens (tertiary/aromatic N) is 2. The molecule has 1 aliphatic rings. The van der Waals surface area contributed by atoms with Crippen molar-refractivity contribution >= 4 is 11.6 Å². The fraction of sp³-hybridized carbons (Fsp3) is 0.500. The van der Waals surface area contributed by atoms with Crippen LogP contribution in [-0.4, -0.2) is 50.5 Å². The van der Waals surface area contributed by atoms with Crippen LogP contribution in [0.3, 0.4) is 0 Å². The van der Waals surface area contributed by atoms with Crippen molar-refractivity contribution in [1.29, 1.82) is 0 Å². The first-order valence-electron chi connectivity index (χ1n) is 10.3. The van der Waals surface area contributed by atoms with Crippen LogP contribution in [0, 0.1) is 12.7 Å². The highest BCUT2D eigenvalue weighted by atomic mass is 19.1. The van der Waals surface area contributed by atoms with Crippen LogP contribution in [0.25, 0.3) is 0 Å². The zero-order valence-corrected chi connectivity index (χ0v) is 17.9. The van der Waals surface area contributed by atoms with Crippen LogP contribution in [-0.2, 0) is 16.9 Å². The summed E-state index contributed by atoms with van der Waals surface area (Å²) in [6, 6.07) is 8.80. The molecule has 3 rings (SSSR count). The molecule has 1 aromatic carbocycles. The van der Waals surface area contributed by atoms with Crippen LogP contribution < -0.4 is 15.5 Å². The molecular weight excluding hydrogens is 387 g/mol. The lowest BCUT2D eigenvalue weighted by Crippen LogP contribution is -2.44. The molecule has 2 aromatic rings. The number of hydrogen-bond acceptors (Lipinski definition) is 5. The molecule has 1 atom stereocenters. The number of ether oxygens (including phenoxy) is 1. The second-order valence-electron chi connectivity index (χ2n) is 7.62. The Morgan fingerprint density at radius 1 is 1.23 bits per heavy atom. The zero-order chi connectivity index (χ0) is 21.6. The average molecular weight is 419 g/mol. The Balaban J connectivity index is 1.63. The van der Waals surface area contributed by atoms with Gasteiger partial charge in [0.2, 0.25) is 0 Å². The van der Waals surface area contributed by atoms with Crippen molar-refractivity contribution in [2.75, 3.05) is 44.3 Å². The van der Waals surface area contributed by atoms with Crippen molar-refractivity contribution in [2.45, 2.75) is 32.9 Å². The van der Waals surface area contributed by atoms with E-state index in [4.69, 9.17) is 9.15 Å². The van der Waals surface area contributed by atoms with Crippen LogP contribution in [0.5, 0.6) is 0 Å². The topological polar surface area (TPSA) is 82.3 Å². The molecule has 0 amide bonds. The van der Waals surface area contributed by atoms with Crippen molar-refractivity contribution in [3.63, 3.8) is 0 Å². The molecule has 0 spiro atoms. The molecule has 0 bridgehead atoms. The summed E-state index contributed by atoms with van der Waals surface area (Å²) in [6.07, 6.45) is 0. The van der Waals surface area contributed by atoms with E-state index >= 15 is 0 Å². The number of morpholine rings is 1. The average Bonchev–Trinajstić information content (AvgIpc) is 3.18. The molecule has 0 aliphatic carbocycles. The van der Waals surface area contributed by atoms with Crippen LogP contribution in [0.15, 0.2) is 39.7 Å². The van der Waals surface area contributed by atoms with Gasteiger partial charge in [-0.2, -0.15) is 0 Å². The van der Waals surface area contributed by atoms with Gasteiger partial charge in [0.1, 0.15) is 22.9 Å². The van der Waals surface area contributed by atoms with E-state index in [9.17, 15) is 9.50 Å². The van der Waals surface area contributed by atoms with Gasteiger partial charge >= 0.3 is 0 Å². The van der Waals surface area contributed by atoms with E-state index in [-0.39, 0.29) is 12.4 Å². The number of guanidine groups is 1. The van der Waals surface area contributed by atoms with E-state index in [2.05, 4.69) is 15.6 Å². The van der Waals surface area contributed by atoms with Crippen LogP contribution in [0.4, 0.5) is 10.1 Å². The molecule has 1 fully saturated rings. The molecule has 0 saturated carbocycles. The summed E-state index contributed by atoms with van der Waals surface area (Å²) in [4.78, 5) is 6.52. The predicted octanol–water partition coefficient (Wildman–Crippen LogP) is 2.53. The summed E-state index contributed by atoms with van der Waals surface area (Å²) in [5.74, 6) is 1.52. The first-order valence-corrected chi connectivity index (χ1v) is 10.3. The molecule has 7 nitrogen and oxygen atoms in total. The molecule has 164 valence electrons. The Kier molecular flexibility index (Phi) is 7.33. The number of aliphatic imine (C=N–C) groups is 1. The van der Waals surface area contributed by atoms with E-state index < -0.39 is 5.60 Å². The zero-order valence-electron chi connectivity index (χ0n) is 17.9. The predicted molar refractivity (Wildman–Crippen MR) is 115 cm³/mol. The summed E-state index contributed by atoms with van der Waals surface area (Å²) >= 11 is 0. The van der Waals surface area contributed by atoms with Gasteiger partial charge in [0, 0.05) is 19.6 Å². The maximum atomic E-state index is 14.6. The second kappa shape index (κ2) is 9.95. The fourth-order valence-corrected chi connectivity index (χ4v) is 3.29. The number of anilines is 1. The first kappa shape index (κ1) is 22.1. The second-order valence-corrected chi connectivity index (χ2v) is 7.62. The number of aryl methyl sites for hydroxylation is 1. The van der Waals surface area contributed by atoms with E-state index in [1.54, 1.807) is 19.1 Å². The highest BCUT2D eigenvalue weighted by molar-refractivity contribution is 5.79. The number of benzene rings is 1. The molecule has 30 heavy (non-hydrogen) atoms. The molecule has 1 aliphatic heterocycles. The Morgan fingerprint density at radius 3 is 2.63 bits per heavy atom. The van der Waals surface area contributed by atoms with Gasteiger partial charge in [-0.25, -0.2) is 9.38 Å².